The number of carbonyl (C=O) groups is 1. The van der Waals surface area contributed by atoms with Gasteiger partial charge in [0.2, 0.25) is 5.91 Å². The van der Waals surface area contributed by atoms with E-state index in [0.29, 0.717) is 5.56 Å². The number of nitrogens with zero attached hydrogens (tertiary/aromatic N) is 3. The fraction of sp³-hybridized carbons (Fsp3) is 0.133. The Balaban J connectivity index is 1.78. The topological polar surface area (TPSA) is 133 Å². The summed E-state index contributed by atoms with van der Waals surface area (Å²) in [7, 11) is 0. The van der Waals surface area contributed by atoms with Crippen LogP contribution in [0.2, 0.25) is 0 Å². The van der Waals surface area contributed by atoms with E-state index in [1.165, 1.54) is 18.4 Å². The van der Waals surface area contributed by atoms with Crippen LogP contribution in [-0.4, -0.2) is 20.6 Å². The Hall–Kier alpha value is -3.69. The van der Waals surface area contributed by atoms with Gasteiger partial charge in [-0.1, -0.05) is 6.07 Å². The highest BCUT2D eigenvalue weighted by Crippen LogP contribution is 2.25. The molecule has 0 bridgehead atoms. The van der Waals surface area contributed by atoms with Gasteiger partial charge in [-0.05, 0) is 30.7 Å². The minimum absolute atomic E-state index is 0.0309. The first-order valence-electron chi connectivity index (χ1n) is 7.11. The number of carbonyl (C=O) groups excluding carboxylic acids is 1. The third kappa shape index (κ3) is 3.47. The molecule has 0 unspecified atom stereocenters. The zero-order chi connectivity index (χ0) is 18.0. The number of amides is 1. The van der Waals surface area contributed by atoms with Gasteiger partial charge in [0.05, 0.1) is 11.2 Å². The van der Waals surface area contributed by atoms with Crippen LogP contribution in [0.3, 0.4) is 0 Å². The second kappa shape index (κ2) is 6.43. The van der Waals surface area contributed by atoms with Gasteiger partial charge in [0.15, 0.2) is 5.76 Å². The number of hydrogen-bond acceptors (Lipinski definition) is 7. The third-order valence-electron chi connectivity index (χ3n) is 3.26. The van der Waals surface area contributed by atoms with Crippen molar-refractivity contribution in [1.29, 1.82) is 0 Å². The summed E-state index contributed by atoms with van der Waals surface area (Å²) in [5.74, 6) is -1.33. The average Bonchev–Trinajstić information content (AvgIpc) is 3.19. The van der Waals surface area contributed by atoms with Crippen LogP contribution in [0, 0.1) is 17.0 Å². The molecule has 0 fully saturated rings. The highest BCUT2D eigenvalue weighted by molar-refractivity contribution is 5.92. The maximum atomic E-state index is 12.1. The van der Waals surface area contributed by atoms with E-state index in [1.54, 1.807) is 25.1 Å². The summed E-state index contributed by atoms with van der Waals surface area (Å²) in [6.45, 7) is 1.23. The molecule has 10 heteroatoms. The monoisotopic (exact) mass is 344 g/mol. The van der Waals surface area contributed by atoms with Gasteiger partial charge < -0.3 is 14.2 Å². The molecule has 2 heterocycles. The summed E-state index contributed by atoms with van der Waals surface area (Å²) in [4.78, 5) is 34.3. The average molecular weight is 344 g/mol. The number of rotatable bonds is 5. The van der Waals surface area contributed by atoms with E-state index in [0.717, 1.165) is 4.68 Å². The van der Waals surface area contributed by atoms with Crippen molar-refractivity contribution in [2.45, 2.75) is 13.5 Å². The second-order valence-electron chi connectivity index (χ2n) is 5.13. The zero-order valence-corrected chi connectivity index (χ0v) is 13.0. The lowest BCUT2D eigenvalue weighted by atomic mass is 10.2. The van der Waals surface area contributed by atoms with Crippen molar-refractivity contribution in [3.8, 4) is 11.7 Å². The van der Waals surface area contributed by atoms with E-state index >= 15 is 0 Å². The molecule has 0 aliphatic heterocycles. The molecule has 0 saturated carbocycles. The number of benzene rings is 1. The van der Waals surface area contributed by atoms with Gasteiger partial charge in [-0.2, -0.15) is 4.68 Å². The summed E-state index contributed by atoms with van der Waals surface area (Å²) in [5, 5.41) is 17.3. The van der Waals surface area contributed by atoms with Crippen molar-refractivity contribution >= 4 is 17.3 Å². The number of nitro groups is 1. The van der Waals surface area contributed by atoms with Gasteiger partial charge in [0.1, 0.15) is 12.2 Å². The van der Waals surface area contributed by atoms with Crippen molar-refractivity contribution in [3.05, 3.63) is 62.8 Å². The number of furan rings is 1. The Bertz CT molecular complexity index is 986. The molecule has 10 nitrogen and oxygen atoms in total. The summed E-state index contributed by atoms with van der Waals surface area (Å²) in [6, 6.07) is 7.53. The Kier molecular flexibility index (Phi) is 4.16. The molecule has 0 atom stereocenters. The van der Waals surface area contributed by atoms with Crippen molar-refractivity contribution in [2.24, 2.45) is 0 Å². The van der Waals surface area contributed by atoms with Crippen LogP contribution in [-0.2, 0) is 11.3 Å². The lowest BCUT2D eigenvalue weighted by Crippen LogP contribution is -2.26. The van der Waals surface area contributed by atoms with Crippen molar-refractivity contribution in [2.75, 3.05) is 5.32 Å². The molecule has 1 amide bonds. The lowest BCUT2D eigenvalue weighted by Gasteiger charge is -2.06. The quantitative estimate of drug-likeness (QED) is 0.552. The molecule has 1 N–H and O–H groups in total. The Morgan fingerprint density at radius 3 is 2.88 bits per heavy atom. The minimum atomic E-state index is -0.847. The van der Waals surface area contributed by atoms with E-state index in [9.17, 15) is 19.7 Å². The normalized spacial score (nSPS) is 10.6. The second-order valence-corrected chi connectivity index (χ2v) is 5.13. The SMILES string of the molecule is Cc1ccc(NC(=O)Cn2nc(-c3ccco3)oc2=O)c([N+](=O)[O-])c1. The fourth-order valence-corrected chi connectivity index (χ4v) is 2.13. The number of aromatic nitrogens is 2. The molecule has 0 aliphatic carbocycles. The number of nitro benzene ring substituents is 1. The number of anilines is 1. The highest BCUT2D eigenvalue weighted by atomic mass is 16.6. The molecule has 1 aromatic carbocycles. The lowest BCUT2D eigenvalue weighted by molar-refractivity contribution is -0.384. The third-order valence-corrected chi connectivity index (χ3v) is 3.26. The van der Waals surface area contributed by atoms with Crippen LogP contribution < -0.4 is 11.1 Å². The maximum absolute atomic E-state index is 12.1. The van der Waals surface area contributed by atoms with Gasteiger partial charge in [0.25, 0.3) is 11.6 Å². The number of aryl methyl sites for hydroxylation is 1. The van der Waals surface area contributed by atoms with Crippen LogP contribution in [0.4, 0.5) is 11.4 Å². The summed E-state index contributed by atoms with van der Waals surface area (Å²) < 4.78 is 10.8. The molecule has 0 spiro atoms. The molecule has 25 heavy (non-hydrogen) atoms. The van der Waals surface area contributed by atoms with Crippen LogP contribution in [0.15, 0.2) is 50.2 Å². The van der Waals surface area contributed by atoms with Crippen LogP contribution >= 0.6 is 0 Å². The Morgan fingerprint density at radius 2 is 2.20 bits per heavy atom. The minimum Gasteiger partial charge on any atom is -0.459 e. The van der Waals surface area contributed by atoms with E-state index < -0.39 is 23.1 Å². The van der Waals surface area contributed by atoms with E-state index in [-0.39, 0.29) is 23.0 Å². The smallest absolute Gasteiger partial charge is 0.437 e. The van der Waals surface area contributed by atoms with Gasteiger partial charge in [-0.3, -0.25) is 14.9 Å². The summed E-state index contributed by atoms with van der Waals surface area (Å²) >= 11 is 0. The molecular weight excluding hydrogens is 332 g/mol. The van der Waals surface area contributed by atoms with E-state index in [4.69, 9.17) is 8.83 Å². The fourth-order valence-electron chi connectivity index (χ4n) is 2.13. The Labute approximate surface area is 139 Å². The molecule has 128 valence electrons. The maximum Gasteiger partial charge on any atom is 0.437 e. The first kappa shape index (κ1) is 16.2. The molecule has 2 aromatic heterocycles. The number of hydrogen-bond donors (Lipinski definition) is 1. The standard InChI is InChI=1S/C15H12N4O6/c1-9-4-5-10(11(7-9)19(22)23)16-13(20)8-18-15(21)25-14(17-18)12-3-2-6-24-12/h2-7H,8H2,1H3,(H,16,20). The highest BCUT2D eigenvalue weighted by Gasteiger charge is 2.18. The van der Waals surface area contributed by atoms with Crippen molar-refractivity contribution < 1.29 is 18.6 Å². The molecular formula is C15H12N4O6. The largest absolute Gasteiger partial charge is 0.459 e. The zero-order valence-electron chi connectivity index (χ0n) is 13.0. The summed E-state index contributed by atoms with van der Waals surface area (Å²) in [6.07, 6.45) is 1.39. The van der Waals surface area contributed by atoms with E-state index in [2.05, 4.69) is 10.4 Å². The van der Waals surface area contributed by atoms with Gasteiger partial charge in [-0.25, -0.2) is 4.79 Å². The Morgan fingerprint density at radius 1 is 1.40 bits per heavy atom. The van der Waals surface area contributed by atoms with Crippen LogP contribution in [0.5, 0.6) is 0 Å². The summed E-state index contributed by atoms with van der Waals surface area (Å²) in [5.41, 5.74) is 0.473. The molecule has 3 aromatic rings. The molecule has 0 aliphatic rings. The van der Waals surface area contributed by atoms with Gasteiger partial charge >= 0.3 is 5.76 Å². The molecule has 3 rings (SSSR count). The van der Waals surface area contributed by atoms with E-state index in [1.807, 2.05) is 0 Å². The predicted octanol–water partition coefficient (Wildman–Crippen LogP) is 1.95. The molecule has 0 saturated heterocycles. The van der Waals surface area contributed by atoms with Gasteiger partial charge in [0, 0.05) is 6.07 Å². The van der Waals surface area contributed by atoms with Crippen molar-refractivity contribution in [3.63, 3.8) is 0 Å². The van der Waals surface area contributed by atoms with Crippen LogP contribution in [0.25, 0.3) is 11.7 Å². The first-order valence-corrected chi connectivity index (χ1v) is 7.11. The van der Waals surface area contributed by atoms with Gasteiger partial charge in [-0.15, -0.1) is 5.10 Å². The first-order chi connectivity index (χ1) is 11.9. The predicted molar refractivity (Wildman–Crippen MR) is 84.9 cm³/mol. The number of nitrogens with one attached hydrogen (secondary N) is 1. The van der Waals surface area contributed by atoms with Crippen molar-refractivity contribution in [1.82, 2.24) is 9.78 Å². The van der Waals surface area contributed by atoms with Crippen LogP contribution in [0.1, 0.15) is 5.56 Å². The molecule has 0 radical (unpaired) electrons.